The van der Waals surface area contributed by atoms with Crippen LogP contribution < -0.4 is 5.73 Å². The van der Waals surface area contributed by atoms with E-state index in [0.717, 1.165) is 12.3 Å². The number of hydrogen-bond acceptors (Lipinski definition) is 2. The van der Waals surface area contributed by atoms with Gasteiger partial charge in [-0.3, -0.25) is 0 Å². The molecule has 0 spiro atoms. The molecule has 1 nitrogen and oxygen atoms in total. The Labute approximate surface area is 117 Å². The molecule has 1 atom stereocenters. The van der Waals surface area contributed by atoms with Crippen molar-refractivity contribution in [3.63, 3.8) is 0 Å². The largest absolute Gasteiger partial charge is 0.327 e. The highest BCUT2D eigenvalue weighted by molar-refractivity contribution is 9.10. The molecule has 0 bridgehead atoms. The van der Waals surface area contributed by atoms with Gasteiger partial charge in [-0.1, -0.05) is 13.8 Å². The van der Waals surface area contributed by atoms with Crippen LogP contribution in [0.2, 0.25) is 0 Å². The van der Waals surface area contributed by atoms with Gasteiger partial charge in [0.05, 0.1) is 0 Å². The second kappa shape index (κ2) is 5.41. The van der Waals surface area contributed by atoms with Crippen molar-refractivity contribution < 1.29 is 0 Å². The van der Waals surface area contributed by atoms with Gasteiger partial charge in [0.25, 0.3) is 0 Å². The summed E-state index contributed by atoms with van der Waals surface area (Å²) in [5, 5.41) is 2.14. The lowest BCUT2D eigenvalue weighted by atomic mass is 9.71. The molecule has 96 valence electrons. The minimum atomic E-state index is 0.344. The van der Waals surface area contributed by atoms with E-state index in [1.165, 1.54) is 35.0 Å². The summed E-state index contributed by atoms with van der Waals surface area (Å²) in [6.07, 6.45) is 6.32. The van der Waals surface area contributed by atoms with Crippen molar-refractivity contribution in [1.82, 2.24) is 0 Å². The highest BCUT2D eigenvalue weighted by Gasteiger charge is 2.29. The fourth-order valence-corrected chi connectivity index (χ4v) is 4.23. The van der Waals surface area contributed by atoms with Crippen LogP contribution in [0.3, 0.4) is 0 Å². The maximum atomic E-state index is 6.37. The first-order valence-corrected chi connectivity index (χ1v) is 8.12. The van der Waals surface area contributed by atoms with Crippen LogP contribution >= 0.6 is 27.3 Å². The van der Waals surface area contributed by atoms with Gasteiger partial charge in [0.2, 0.25) is 0 Å². The molecule has 0 radical (unpaired) electrons. The molecular formula is C14H22BrNS. The molecule has 0 aromatic carbocycles. The molecule has 0 saturated heterocycles. The van der Waals surface area contributed by atoms with E-state index >= 15 is 0 Å². The van der Waals surface area contributed by atoms with Crippen LogP contribution in [-0.4, -0.2) is 6.04 Å². The van der Waals surface area contributed by atoms with Crippen LogP contribution in [0.25, 0.3) is 0 Å². The van der Waals surface area contributed by atoms with Gasteiger partial charge in [0.1, 0.15) is 0 Å². The maximum absolute atomic E-state index is 6.37. The van der Waals surface area contributed by atoms with E-state index < -0.39 is 0 Å². The fourth-order valence-electron chi connectivity index (χ4n) is 2.71. The third-order valence-electron chi connectivity index (χ3n) is 4.05. The van der Waals surface area contributed by atoms with Crippen LogP contribution in [0.1, 0.15) is 44.4 Å². The van der Waals surface area contributed by atoms with Crippen LogP contribution in [0.4, 0.5) is 0 Å². The Bertz CT molecular complexity index is 362. The third-order valence-corrected chi connectivity index (χ3v) is 5.77. The monoisotopic (exact) mass is 315 g/mol. The topological polar surface area (TPSA) is 26.0 Å². The van der Waals surface area contributed by atoms with Crippen molar-refractivity contribution in [2.45, 2.75) is 52.0 Å². The van der Waals surface area contributed by atoms with Crippen molar-refractivity contribution in [2.75, 3.05) is 0 Å². The van der Waals surface area contributed by atoms with Crippen molar-refractivity contribution in [2.24, 2.45) is 17.1 Å². The molecule has 1 aromatic rings. The Morgan fingerprint density at radius 1 is 1.47 bits per heavy atom. The van der Waals surface area contributed by atoms with Gasteiger partial charge in [0, 0.05) is 20.8 Å². The normalized spacial score (nSPS) is 22.6. The molecule has 3 heteroatoms. The number of thiophene rings is 1. The molecular weight excluding hydrogens is 294 g/mol. The van der Waals surface area contributed by atoms with E-state index in [0.29, 0.717) is 11.5 Å². The molecule has 0 amide bonds. The summed E-state index contributed by atoms with van der Waals surface area (Å²) >= 11 is 5.32. The standard InChI is InChI=1S/C14H22BrNS/c1-14(2)5-3-10(4-6-14)13(16)8-12-7-11(15)9-17-12/h7,9-10,13H,3-6,8,16H2,1-2H3. The Morgan fingerprint density at radius 3 is 2.65 bits per heavy atom. The summed E-state index contributed by atoms with van der Waals surface area (Å²) in [7, 11) is 0. The van der Waals surface area contributed by atoms with Gasteiger partial charge in [-0.2, -0.15) is 0 Å². The second-order valence-electron chi connectivity index (χ2n) is 6.10. The predicted octanol–water partition coefficient (Wildman–Crippen LogP) is 4.60. The van der Waals surface area contributed by atoms with Gasteiger partial charge in [-0.15, -0.1) is 11.3 Å². The van der Waals surface area contributed by atoms with E-state index in [1.807, 2.05) is 11.3 Å². The maximum Gasteiger partial charge on any atom is 0.0285 e. The highest BCUT2D eigenvalue weighted by atomic mass is 79.9. The first-order valence-electron chi connectivity index (χ1n) is 6.45. The van der Waals surface area contributed by atoms with Crippen molar-refractivity contribution in [1.29, 1.82) is 0 Å². The van der Waals surface area contributed by atoms with Crippen molar-refractivity contribution >= 4 is 27.3 Å². The zero-order valence-electron chi connectivity index (χ0n) is 10.7. The fraction of sp³-hybridized carbons (Fsp3) is 0.714. The smallest absolute Gasteiger partial charge is 0.0285 e. The van der Waals surface area contributed by atoms with Crippen LogP contribution in [0.5, 0.6) is 0 Å². The summed E-state index contributed by atoms with van der Waals surface area (Å²) in [5.41, 5.74) is 6.91. The van der Waals surface area contributed by atoms with Crippen molar-refractivity contribution in [3.05, 3.63) is 20.8 Å². The average molecular weight is 316 g/mol. The SMILES string of the molecule is CC1(C)CCC(C(N)Cc2cc(Br)cs2)CC1. The van der Waals surface area contributed by atoms with Crippen LogP contribution in [0, 0.1) is 11.3 Å². The van der Waals surface area contributed by atoms with E-state index in [1.54, 1.807) is 0 Å². The van der Waals surface area contributed by atoms with E-state index in [9.17, 15) is 0 Å². The average Bonchev–Trinajstić information content (AvgIpc) is 2.63. The Hall–Kier alpha value is 0.140. The van der Waals surface area contributed by atoms with Gasteiger partial charge in [-0.25, -0.2) is 0 Å². The zero-order valence-corrected chi connectivity index (χ0v) is 13.1. The van der Waals surface area contributed by atoms with E-state index in [-0.39, 0.29) is 0 Å². The molecule has 1 saturated carbocycles. The Morgan fingerprint density at radius 2 is 2.12 bits per heavy atom. The molecule has 1 aliphatic carbocycles. The predicted molar refractivity (Wildman–Crippen MR) is 79.4 cm³/mol. The molecule has 1 aromatic heterocycles. The first kappa shape index (κ1) is 13.6. The second-order valence-corrected chi connectivity index (χ2v) is 8.01. The van der Waals surface area contributed by atoms with Gasteiger partial charge >= 0.3 is 0 Å². The minimum absolute atomic E-state index is 0.344. The van der Waals surface area contributed by atoms with Crippen LogP contribution in [0.15, 0.2) is 15.9 Å². The lowest BCUT2D eigenvalue weighted by molar-refractivity contribution is 0.173. The Balaban J connectivity index is 1.87. The summed E-state index contributed by atoms with van der Waals surface area (Å²) in [4.78, 5) is 1.41. The zero-order chi connectivity index (χ0) is 12.5. The van der Waals surface area contributed by atoms with Gasteiger partial charge in [-0.05, 0) is 65.4 Å². The van der Waals surface area contributed by atoms with Gasteiger partial charge < -0.3 is 5.73 Å². The molecule has 1 unspecified atom stereocenters. The Kier molecular flexibility index (Phi) is 4.32. The summed E-state index contributed by atoms with van der Waals surface area (Å²) in [6.45, 7) is 4.76. The molecule has 17 heavy (non-hydrogen) atoms. The summed E-state index contributed by atoms with van der Waals surface area (Å²) in [5.74, 6) is 0.726. The summed E-state index contributed by atoms with van der Waals surface area (Å²) < 4.78 is 1.19. The van der Waals surface area contributed by atoms with Crippen LogP contribution in [-0.2, 0) is 6.42 Å². The number of rotatable bonds is 3. The molecule has 1 heterocycles. The highest BCUT2D eigenvalue weighted by Crippen LogP contribution is 2.39. The number of nitrogens with two attached hydrogens (primary N) is 1. The molecule has 2 rings (SSSR count). The van der Waals surface area contributed by atoms with Gasteiger partial charge in [0.15, 0.2) is 0 Å². The van der Waals surface area contributed by atoms with E-state index in [4.69, 9.17) is 5.73 Å². The molecule has 0 aliphatic heterocycles. The molecule has 1 aliphatic rings. The van der Waals surface area contributed by atoms with E-state index in [2.05, 4.69) is 41.2 Å². The first-order chi connectivity index (χ1) is 7.96. The quantitative estimate of drug-likeness (QED) is 0.867. The lowest BCUT2D eigenvalue weighted by Crippen LogP contribution is -2.36. The number of halogens is 1. The molecule has 2 N–H and O–H groups in total. The number of hydrogen-bond donors (Lipinski definition) is 1. The lowest BCUT2D eigenvalue weighted by Gasteiger charge is -2.36. The minimum Gasteiger partial charge on any atom is -0.327 e. The molecule has 1 fully saturated rings. The summed E-state index contributed by atoms with van der Waals surface area (Å²) in [6, 6.07) is 2.55. The third kappa shape index (κ3) is 3.80. The van der Waals surface area contributed by atoms with Crippen molar-refractivity contribution in [3.8, 4) is 0 Å².